The highest BCUT2D eigenvalue weighted by Crippen LogP contribution is 2.55. The van der Waals surface area contributed by atoms with Crippen LogP contribution < -0.4 is 14.5 Å². The first-order valence-electron chi connectivity index (χ1n) is 21.9. The summed E-state index contributed by atoms with van der Waals surface area (Å²) in [5.41, 5.74) is 14.1. The molecule has 1 aliphatic carbocycles. The maximum Gasteiger partial charge on any atom is 0.153 e. The van der Waals surface area contributed by atoms with Crippen molar-refractivity contribution in [2.45, 2.75) is 12.0 Å². The van der Waals surface area contributed by atoms with Crippen molar-refractivity contribution in [1.29, 1.82) is 0 Å². The van der Waals surface area contributed by atoms with Crippen LogP contribution in [0.4, 0.5) is 28.4 Å². The van der Waals surface area contributed by atoms with Crippen molar-refractivity contribution in [2.75, 3.05) is 9.80 Å². The zero-order valence-corrected chi connectivity index (χ0v) is 34.5. The lowest BCUT2D eigenvalue weighted by atomic mass is 9.91. The molecule has 0 spiro atoms. The van der Waals surface area contributed by atoms with E-state index in [-0.39, 0.29) is 12.0 Å². The number of nitrogens with zero attached hydrogens (tertiary/aromatic N) is 5. The molecule has 2 atom stereocenters. The van der Waals surface area contributed by atoms with Gasteiger partial charge in [0.05, 0.1) is 45.2 Å². The number of allylic oxidation sites excluding steroid dienone is 2. The number of para-hydroxylation sites is 3. The lowest BCUT2D eigenvalue weighted by Gasteiger charge is -2.35. The van der Waals surface area contributed by atoms with E-state index in [1.54, 1.807) is 12.4 Å². The number of hydrogen-bond donors (Lipinski definition) is 0. The lowest BCUT2D eigenvalue weighted by molar-refractivity contribution is 0.476. The largest absolute Gasteiger partial charge is 0.453 e. The summed E-state index contributed by atoms with van der Waals surface area (Å²) in [4.78, 5) is 14.6. The molecule has 2 aromatic heterocycles. The molecule has 300 valence electrons. The first-order chi connectivity index (χ1) is 31.7. The molecule has 0 N–H and O–H groups in total. The van der Waals surface area contributed by atoms with Gasteiger partial charge >= 0.3 is 0 Å². The van der Waals surface area contributed by atoms with Gasteiger partial charge in [-0.2, -0.15) is 0 Å². The average molecular weight is 820 g/mol. The Morgan fingerprint density at radius 2 is 1.03 bits per heavy atom. The second-order valence-electron chi connectivity index (χ2n) is 16.9. The van der Waals surface area contributed by atoms with Gasteiger partial charge in [-0.3, -0.25) is 9.97 Å². The van der Waals surface area contributed by atoms with Gasteiger partial charge in [0.2, 0.25) is 0 Å². The molecule has 3 aliphatic rings. The van der Waals surface area contributed by atoms with E-state index in [0.717, 1.165) is 89.1 Å². The second kappa shape index (κ2) is 13.5. The Morgan fingerprint density at radius 3 is 1.80 bits per heavy atom. The van der Waals surface area contributed by atoms with Crippen molar-refractivity contribution in [3.05, 3.63) is 218 Å². The van der Waals surface area contributed by atoms with Gasteiger partial charge in [-0.1, -0.05) is 127 Å². The number of ether oxygens (including phenoxy) is 1. The van der Waals surface area contributed by atoms with Crippen molar-refractivity contribution >= 4 is 82.8 Å². The van der Waals surface area contributed by atoms with Gasteiger partial charge < -0.3 is 19.1 Å². The topological polar surface area (TPSA) is 46.4 Å². The lowest BCUT2D eigenvalue weighted by Crippen LogP contribution is -2.28. The summed E-state index contributed by atoms with van der Waals surface area (Å²) >= 11 is 0. The monoisotopic (exact) mass is 819 g/mol. The van der Waals surface area contributed by atoms with E-state index in [4.69, 9.17) is 14.7 Å². The molecule has 14 rings (SSSR count). The standard InChI is InChI=1S/C58H37N5O/c1-2-12-36(13-3-1)37-22-26-45-47(32-37)48-33-38(23-27-46(48)58-57(45)59-30-31-60-58)63-53-28-24-39(61-49-18-8-4-14-41(49)42-15-5-9-19-50(42)61)34-55(53)64-56-35-40(25-29-54(56)63)62-51-20-10-6-16-43(51)44-17-7-11-21-52(44)62/h1-35,41,49H. The molecule has 64 heavy (non-hydrogen) atoms. The first-order valence-corrected chi connectivity index (χ1v) is 21.9. The molecule has 0 amide bonds. The highest BCUT2D eigenvalue weighted by Gasteiger charge is 2.38. The van der Waals surface area contributed by atoms with Crippen LogP contribution in [0.3, 0.4) is 0 Å². The summed E-state index contributed by atoms with van der Waals surface area (Å²) < 4.78 is 9.52. The molecule has 0 saturated carbocycles. The summed E-state index contributed by atoms with van der Waals surface area (Å²) in [6.45, 7) is 0. The van der Waals surface area contributed by atoms with E-state index in [9.17, 15) is 0 Å². The Morgan fingerprint density at radius 1 is 0.422 bits per heavy atom. The number of aromatic nitrogens is 3. The molecule has 0 saturated heterocycles. The molecule has 11 aromatic rings. The van der Waals surface area contributed by atoms with Crippen LogP contribution in [0.25, 0.3) is 71.2 Å². The molecule has 2 aliphatic heterocycles. The van der Waals surface area contributed by atoms with Crippen LogP contribution in [0.5, 0.6) is 11.5 Å². The third-order valence-corrected chi connectivity index (χ3v) is 13.6. The van der Waals surface area contributed by atoms with Crippen molar-refractivity contribution in [2.24, 2.45) is 0 Å². The highest BCUT2D eigenvalue weighted by molar-refractivity contribution is 6.24. The molecule has 6 heteroatoms. The quantitative estimate of drug-likeness (QED) is 0.166. The van der Waals surface area contributed by atoms with E-state index in [1.165, 1.54) is 27.6 Å². The van der Waals surface area contributed by atoms with E-state index in [2.05, 4.69) is 215 Å². The Kier molecular flexibility index (Phi) is 7.42. The minimum atomic E-state index is 0.168. The minimum Gasteiger partial charge on any atom is -0.453 e. The van der Waals surface area contributed by atoms with Gasteiger partial charge in [-0.25, -0.2) is 0 Å². The van der Waals surface area contributed by atoms with E-state index >= 15 is 0 Å². The summed E-state index contributed by atoms with van der Waals surface area (Å²) in [6, 6.07) is 63.7. The van der Waals surface area contributed by atoms with E-state index in [1.807, 2.05) is 0 Å². The average Bonchev–Trinajstić information content (AvgIpc) is 3.88. The summed E-state index contributed by atoms with van der Waals surface area (Å²) in [5, 5.41) is 6.83. The Hall–Kier alpha value is -8.48. The Bertz CT molecular complexity index is 3760. The number of anilines is 5. The van der Waals surface area contributed by atoms with Gasteiger partial charge in [0.25, 0.3) is 0 Å². The number of benzene rings is 9. The molecule has 2 unspecified atom stereocenters. The fourth-order valence-corrected chi connectivity index (χ4v) is 10.8. The highest BCUT2D eigenvalue weighted by atomic mass is 16.5. The van der Waals surface area contributed by atoms with Gasteiger partial charge in [-0.15, -0.1) is 0 Å². The molecule has 9 aromatic carbocycles. The van der Waals surface area contributed by atoms with Crippen LogP contribution in [0.1, 0.15) is 11.5 Å². The van der Waals surface area contributed by atoms with Crippen LogP contribution in [-0.4, -0.2) is 20.6 Å². The van der Waals surface area contributed by atoms with Crippen LogP contribution >= 0.6 is 0 Å². The number of rotatable bonds is 4. The maximum absolute atomic E-state index is 7.16. The van der Waals surface area contributed by atoms with Gasteiger partial charge in [0.15, 0.2) is 11.5 Å². The molecular formula is C58H37N5O. The number of hydrogen-bond acceptors (Lipinski definition) is 5. The maximum atomic E-state index is 7.16. The van der Waals surface area contributed by atoms with Crippen LogP contribution in [0.2, 0.25) is 0 Å². The molecule has 4 heterocycles. The van der Waals surface area contributed by atoms with Gasteiger partial charge in [0.1, 0.15) is 0 Å². The summed E-state index contributed by atoms with van der Waals surface area (Å²) in [7, 11) is 0. The molecule has 0 fully saturated rings. The third-order valence-electron chi connectivity index (χ3n) is 13.6. The fourth-order valence-electron chi connectivity index (χ4n) is 10.8. The van der Waals surface area contributed by atoms with Crippen molar-refractivity contribution in [3.8, 4) is 28.3 Å². The molecule has 6 nitrogen and oxygen atoms in total. The SMILES string of the molecule is C1=CC2c3ccccc3N(c3ccc4c(c3)Oc3cc(-n5c6ccccc6c6ccccc65)ccc3N4c3ccc4c(c3)c3cc(-c5ccccc5)ccc3c3nccnc43)C2C=C1. The molecule has 0 radical (unpaired) electrons. The van der Waals surface area contributed by atoms with Crippen molar-refractivity contribution < 1.29 is 4.74 Å². The van der Waals surface area contributed by atoms with Crippen LogP contribution in [0, 0.1) is 0 Å². The normalized spacial score (nSPS) is 16.1. The Labute approximate surface area is 368 Å². The van der Waals surface area contributed by atoms with Crippen molar-refractivity contribution in [1.82, 2.24) is 14.5 Å². The zero-order valence-electron chi connectivity index (χ0n) is 34.5. The Balaban J connectivity index is 0.995. The van der Waals surface area contributed by atoms with E-state index < -0.39 is 0 Å². The molecule has 0 bridgehead atoms. The second-order valence-corrected chi connectivity index (χ2v) is 16.9. The van der Waals surface area contributed by atoms with Gasteiger partial charge in [-0.05, 0) is 88.1 Å². The third kappa shape index (κ3) is 5.08. The van der Waals surface area contributed by atoms with E-state index in [0.29, 0.717) is 0 Å². The predicted octanol–water partition coefficient (Wildman–Crippen LogP) is 15.0. The zero-order chi connectivity index (χ0) is 41.9. The number of fused-ring (bicyclic) bond motifs is 14. The summed E-state index contributed by atoms with van der Waals surface area (Å²) in [5.74, 6) is 1.85. The smallest absolute Gasteiger partial charge is 0.153 e. The van der Waals surface area contributed by atoms with Crippen LogP contribution in [-0.2, 0) is 0 Å². The van der Waals surface area contributed by atoms with Crippen LogP contribution in [0.15, 0.2) is 213 Å². The van der Waals surface area contributed by atoms with Gasteiger partial charge in [0, 0.05) is 69.1 Å². The summed E-state index contributed by atoms with van der Waals surface area (Å²) in [6.07, 6.45) is 12.6. The molecular weight excluding hydrogens is 783 g/mol. The fraction of sp³-hybridized carbons (Fsp3) is 0.0345. The minimum absolute atomic E-state index is 0.168. The first kappa shape index (κ1) is 35.2. The predicted molar refractivity (Wildman–Crippen MR) is 262 cm³/mol. The van der Waals surface area contributed by atoms with Crippen molar-refractivity contribution in [3.63, 3.8) is 0 Å².